The van der Waals surface area contributed by atoms with Crippen molar-refractivity contribution in [3.05, 3.63) is 70.4 Å². The minimum atomic E-state index is -0.801. The first-order valence-electron chi connectivity index (χ1n) is 10.5. The zero-order valence-electron chi connectivity index (χ0n) is 19.5. The Morgan fingerprint density at radius 2 is 2.06 bits per heavy atom. The number of hydrogen-bond acceptors (Lipinski definition) is 11. The smallest absolute Gasteiger partial charge is 0.381 e. The van der Waals surface area contributed by atoms with Gasteiger partial charge in [-0.2, -0.15) is 0 Å². The van der Waals surface area contributed by atoms with Gasteiger partial charge in [-0.1, -0.05) is 41.7 Å². The molecule has 1 atom stereocenters. The third-order valence-corrected chi connectivity index (χ3v) is 5.37. The average Bonchev–Trinajstić information content (AvgIpc) is 3.26. The number of nitrogens with zero attached hydrogens (tertiary/aromatic N) is 3. The largest absolute Gasteiger partial charge is 0.488 e. The number of allylic oxidation sites excluding steroid dienone is 1. The summed E-state index contributed by atoms with van der Waals surface area (Å²) in [4.78, 5) is 29.5. The SMILES string of the molecule is COCC(Cc1ccccc1)Nc1cc(C(=O)Nc2nnc(N=C(C)C=CN)s2)oc(=O)c1OC. The molecule has 3 aromatic rings. The maximum Gasteiger partial charge on any atom is 0.381 e. The molecule has 4 N–H and O–H groups in total. The van der Waals surface area contributed by atoms with Gasteiger partial charge in [-0.25, -0.2) is 9.79 Å². The molecule has 0 aliphatic rings. The Morgan fingerprint density at radius 3 is 2.74 bits per heavy atom. The molecule has 1 amide bonds. The van der Waals surface area contributed by atoms with E-state index in [2.05, 4.69) is 25.8 Å². The molecule has 35 heavy (non-hydrogen) atoms. The molecular formula is C23H26N6O5S. The van der Waals surface area contributed by atoms with Crippen LogP contribution in [0.1, 0.15) is 23.0 Å². The molecule has 2 heterocycles. The molecule has 2 aromatic heterocycles. The van der Waals surface area contributed by atoms with Crippen molar-refractivity contribution < 1.29 is 18.7 Å². The second-order valence-electron chi connectivity index (χ2n) is 7.29. The van der Waals surface area contributed by atoms with Gasteiger partial charge < -0.3 is 24.9 Å². The minimum Gasteiger partial charge on any atom is -0.488 e. The molecule has 0 radical (unpaired) electrons. The summed E-state index contributed by atoms with van der Waals surface area (Å²) in [6.45, 7) is 2.10. The molecule has 0 aliphatic carbocycles. The lowest BCUT2D eigenvalue weighted by atomic mass is 10.1. The third-order valence-electron chi connectivity index (χ3n) is 4.63. The van der Waals surface area contributed by atoms with Gasteiger partial charge >= 0.3 is 5.63 Å². The topological polar surface area (TPSA) is 154 Å². The lowest BCUT2D eigenvalue weighted by Gasteiger charge is -2.20. The van der Waals surface area contributed by atoms with Gasteiger partial charge in [0, 0.05) is 18.9 Å². The predicted octanol–water partition coefficient (Wildman–Crippen LogP) is 2.99. The average molecular weight is 499 g/mol. The number of aliphatic imine (C=N–C) groups is 1. The van der Waals surface area contributed by atoms with Crippen LogP contribution in [0.5, 0.6) is 5.75 Å². The van der Waals surface area contributed by atoms with Crippen LogP contribution in [0, 0.1) is 0 Å². The molecule has 1 aromatic carbocycles. The standard InChI is InChI=1S/C23H26N6O5S/c1-14(9-10-24)25-22-28-29-23(35-22)27-20(30)18-12-17(19(33-3)21(31)34-18)26-16(13-32-2)11-15-7-5-4-6-8-15/h4-10,12,16,26H,11,13,24H2,1-3H3,(H,27,29,30). The van der Waals surface area contributed by atoms with E-state index >= 15 is 0 Å². The Hall–Kier alpha value is -4.03. The van der Waals surface area contributed by atoms with Crippen LogP contribution in [-0.4, -0.2) is 48.7 Å². The van der Waals surface area contributed by atoms with E-state index in [1.807, 2.05) is 30.3 Å². The lowest BCUT2D eigenvalue weighted by Crippen LogP contribution is -2.29. The highest BCUT2D eigenvalue weighted by Gasteiger charge is 2.21. The number of ether oxygens (including phenoxy) is 2. The first kappa shape index (κ1) is 25.6. The van der Waals surface area contributed by atoms with Crippen LogP contribution in [0.25, 0.3) is 0 Å². The van der Waals surface area contributed by atoms with E-state index in [1.54, 1.807) is 20.1 Å². The first-order chi connectivity index (χ1) is 16.9. The Morgan fingerprint density at radius 1 is 1.29 bits per heavy atom. The monoisotopic (exact) mass is 498 g/mol. The van der Waals surface area contributed by atoms with Crippen molar-refractivity contribution >= 4 is 38.9 Å². The molecule has 0 fully saturated rings. The van der Waals surface area contributed by atoms with Gasteiger partial charge in [-0.15, -0.1) is 10.2 Å². The number of nitrogens with two attached hydrogens (primary N) is 1. The van der Waals surface area contributed by atoms with E-state index in [0.717, 1.165) is 16.9 Å². The summed E-state index contributed by atoms with van der Waals surface area (Å²) in [5.74, 6) is -0.951. The summed E-state index contributed by atoms with van der Waals surface area (Å²) in [6, 6.07) is 11.0. The third kappa shape index (κ3) is 7.22. The van der Waals surface area contributed by atoms with Crippen molar-refractivity contribution in [2.45, 2.75) is 19.4 Å². The highest BCUT2D eigenvalue weighted by Crippen LogP contribution is 2.26. The second-order valence-corrected chi connectivity index (χ2v) is 8.24. The maximum absolute atomic E-state index is 12.8. The maximum atomic E-state index is 12.8. The fourth-order valence-electron chi connectivity index (χ4n) is 3.16. The zero-order chi connectivity index (χ0) is 25.2. The molecule has 0 saturated carbocycles. The second kappa shape index (κ2) is 12.4. The Kier molecular flexibility index (Phi) is 9.09. The molecule has 3 rings (SSSR count). The molecule has 0 aliphatic heterocycles. The van der Waals surface area contributed by atoms with Crippen LogP contribution in [0.3, 0.4) is 0 Å². The molecule has 0 bridgehead atoms. The minimum absolute atomic E-state index is 0.0494. The van der Waals surface area contributed by atoms with Crippen molar-refractivity contribution in [1.29, 1.82) is 0 Å². The summed E-state index contributed by atoms with van der Waals surface area (Å²) < 4.78 is 15.7. The summed E-state index contributed by atoms with van der Waals surface area (Å²) in [6.07, 6.45) is 3.58. The molecule has 12 heteroatoms. The van der Waals surface area contributed by atoms with Gasteiger partial charge in [0.2, 0.25) is 16.0 Å². The normalized spacial score (nSPS) is 12.5. The van der Waals surface area contributed by atoms with Crippen LogP contribution < -0.4 is 26.7 Å². The van der Waals surface area contributed by atoms with Gasteiger partial charge in [-0.3, -0.25) is 10.1 Å². The molecule has 0 saturated heterocycles. The molecule has 0 spiro atoms. The van der Waals surface area contributed by atoms with Gasteiger partial charge in [0.1, 0.15) is 0 Å². The van der Waals surface area contributed by atoms with Gasteiger partial charge in [0.15, 0.2) is 5.76 Å². The van der Waals surface area contributed by atoms with Crippen LogP contribution >= 0.6 is 11.3 Å². The van der Waals surface area contributed by atoms with E-state index in [4.69, 9.17) is 19.6 Å². The summed E-state index contributed by atoms with van der Waals surface area (Å²) in [5, 5.41) is 14.1. The fourth-order valence-corrected chi connectivity index (χ4v) is 3.83. The number of carbonyl (C=O) groups is 1. The van der Waals surface area contributed by atoms with Gasteiger partial charge in [-0.05, 0) is 31.2 Å². The van der Waals surface area contributed by atoms with Gasteiger partial charge in [0.05, 0.1) is 25.4 Å². The Balaban J connectivity index is 1.81. The lowest BCUT2D eigenvalue weighted by molar-refractivity contribution is 0.0991. The number of hydrogen-bond donors (Lipinski definition) is 3. The van der Waals surface area contributed by atoms with Crippen LogP contribution in [-0.2, 0) is 11.2 Å². The number of amides is 1. The van der Waals surface area contributed by atoms with Crippen molar-refractivity contribution in [3.63, 3.8) is 0 Å². The number of methoxy groups -OCH3 is 2. The number of carbonyl (C=O) groups excluding carboxylic acids is 1. The van der Waals surface area contributed by atoms with E-state index in [1.165, 1.54) is 19.4 Å². The molecular weight excluding hydrogens is 472 g/mol. The van der Waals surface area contributed by atoms with E-state index in [0.29, 0.717) is 29.6 Å². The van der Waals surface area contributed by atoms with Crippen molar-refractivity contribution in [1.82, 2.24) is 10.2 Å². The number of nitrogens with one attached hydrogen (secondary N) is 2. The number of rotatable bonds is 11. The summed E-state index contributed by atoms with van der Waals surface area (Å²) in [5.41, 5.74) is 6.55. The Labute approximate surface area is 205 Å². The first-order valence-corrected chi connectivity index (χ1v) is 11.3. The quantitative estimate of drug-likeness (QED) is 0.338. The van der Waals surface area contributed by atoms with Crippen molar-refractivity contribution in [3.8, 4) is 5.75 Å². The Bertz CT molecular complexity index is 1250. The highest BCUT2D eigenvalue weighted by atomic mass is 32.1. The van der Waals surface area contributed by atoms with Crippen LogP contribution in [0.15, 0.2) is 62.9 Å². The number of aromatic nitrogens is 2. The number of anilines is 2. The zero-order valence-corrected chi connectivity index (χ0v) is 20.3. The highest BCUT2D eigenvalue weighted by molar-refractivity contribution is 7.18. The summed E-state index contributed by atoms with van der Waals surface area (Å²) >= 11 is 1.05. The van der Waals surface area contributed by atoms with E-state index in [9.17, 15) is 9.59 Å². The number of benzene rings is 1. The van der Waals surface area contributed by atoms with Crippen LogP contribution in [0.4, 0.5) is 16.0 Å². The molecule has 1 unspecified atom stereocenters. The molecule has 11 nitrogen and oxygen atoms in total. The summed E-state index contributed by atoms with van der Waals surface area (Å²) in [7, 11) is 2.94. The van der Waals surface area contributed by atoms with E-state index in [-0.39, 0.29) is 22.7 Å². The van der Waals surface area contributed by atoms with E-state index < -0.39 is 11.5 Å². The molecule has 184 valence electrons. The fraction of sp³-hybridized carbons (Fsp3) is 0.261. The van der Waals surface area contributed by atoms with Gasteiger partial charge in [0.25, 0.3) is 5.91 Å². The van der Waals surface area contributed by atoms with Crippen molar-refractivity contribution in [2.24, 2.45) is 10.7 Å². The predicted molar refractivity (Wildman–Crippen MR) is 135 cm³/mol. The van der Waals surface area contributed by atoms with Crippen molar-refractivity contribution in [2.75, 3.05) is 31.5 Å². The van der Waals surface area contributed by atoms with Crippen LogP contribution in [0.2, 0.25) is 0 Å².